The highest BCUT2D eigenvalue weighted by Crippen LogP contribution is 2.08. The maximum Gasteiger partial charge on any atom is 0.328 e. The van der Waals surface area contributed by atoms with Gasteiger partial charge in [0.2, 0.25) is 0 Å². The first kappa shape index (κ1) is 16.2. The fourth-order valence-electron chi connectivity index (χ4n) is 1.45. The van der Waals surface area contributed by atoms with E-state index in [4.69, 9.17) is 16.6 Å². The van der Waals surface area contributed by atoms with Crippen molar-refractivity contribution >= 4 is 11.9 Å². The molecule has 1 fully saturated rings. The van der Waals surface area contributed by atoms with Crippen molar-refractivity contribution in [3.63, 3.8) is 0 Å². The van der Waals surface area contributed by atoms with Gasteiger partial charge in [-0.3, -0.25) is 4.90 Å². The summed E-state index contributed by atoms with van der Waals surface area (Å²) >= 11 is 0. The number of likely N-dealkylation sites (tertiary alicyclic amines) is 1. The molecule has 3 N–H and O–H groups in total. The van der Waals surface area contributed by atoms with Gasteiger partial charge in [0.05, 0.1) is 12.6 Å². The standard InChI is InChI=1S/C8H13NO.C4H4O4/c1-2-5-9-6-3-4-8(10)7-9;5-3(6)1-2-4(7)8/h1,8,10H,3-7H2;1-2H,(H,5,6)(H,7,8)/b;2-1-. The van der Waals surface area contributed by atoms with Crippen molar-refractivity contribution in [3.8, 4) is 12.3 Å². The van der Waals surface area contributed by atoms with Crippen LogP contribution in [0.3, 0.4) is 0 Å². The lowest BCUT2D eigenvalue weighted by Gasteiger charge is -2.27. The first-order chi connectivity index (χ1) is 8.45. The normalized spacial score (nSPS) is 19.7. The van der Waals surface area contributed by atoms with E-state index in [1.807, 2.05) is 0 Å². The Kier molecular flexibility index (Phi) is 8.27. The van der Waals surface area contributed by atoms with Crippen molar-refractivity contribution in [1.82, 2.24) is 4.90 Å². The van der Waals surface area contributed by atoms with E-state index in [9.17, 15) is 14.7 Å². The number of piperidine rings is 1. The van der Waals surface area contributed by atoms with Crippen LogP contribution in [0.25, 0.3) is 0 Å². The number of nitrogens with zero attached hydrogens (tertiary/aromatic N) is 1. The first-order valence-electron chi connectivity index (χ1n) is 5.43. The summed E-state index contributed by atoms with van der Waals surface area (Å²) in [6.07, 6.45) is 8.10. The molecular formula is C12H17NO5. The molecule has 0 aromatic carbocycles. The Morgan fingerprint density at radius 2 is 1.89 bits per heavy atom. The summed E-state index contributed by atoms with van der Waals surface area (Å²) < 4.78 is 0. The zero-order valence-corrected chi connectivity index (χ0v) is 9.95. The first-order valence-corrected chi connectivity index (χ1v) is 5.43. The van der Waals surface area contributed by atoms with Crippen molar-refractivity contribution < 1.29 is 24.9 Å². The molecule has 6 nitrogen and oxygen atoms in total. The predicted molar refractivity (Wildman–Crippen MR) is 64.9 cm³/mol. The van der Waals surface area contributed by atoms with Gasteiger partial charge in [0.25, 0.3) is 0 Å². The third kappa shape index (κ3) is 9.39. The number of carboxylic acids is 2. The lowest BCUT2D eigenvalue weighted by Crippen LogP contribution is -2.38. The van der Waals surface area contributed by atoms with Crippen LogP contribution in [0.4, 0.5) is 0 Å². The Morgan fingerprint density at radius 1 is 1.33 bits per heavy atom. The fraction of sp³-hybridized carbons (Fsp3) is 0.500. The summed E-state index contributed by atoms with van der Waals surface area (Å²) in [5.41, 5.74) is 0. The summed E-state index contributed by atoms with van der Waals surface area (Å²) in [5.74, 6) is 0.0587. The van der Waals surface area contributed by atoms with E-state index in [0.29, 0.717) is 18.7 Å². The minimum Gasteiger partial charge on any atom is -0.478 e. The largest absolute Gasteiger partial charge is 0.478 e. The molecule has 1 atom stereocenters. The van der Waals surface area contributed by atoms with Crippen LogP contribution in [0.2, 0.25) is 0 Å². The zero-order chi connectivity index (χ0) is 14.0. The van der Waals surface area contributed by atoms with Crippen molar-refractivity contribution in [2.45, 2.75) is 18.9 Å². The highest BCUT2D eigenvalue weighted by Gasteiger charge is 2.15. The third-order valence-electron chi connectivity index (χ3n) is 2.16. The van der Waals surface area contributed by atoms with Crippen LogP contribution < -0.4 is 0 Å². The van der Waals surface area contributed by atoms with Gasteiger partial charge in [-0.25, -0.2) is 9.59 Å². The summed E-state index contributed by atoms with van der Waals surface area (Å²) in [5, 5.41) is 24.8. The van der Waals surface area contributed by atoms with Crippen LogP contribution in [-0.2, 0) is 9.59 Å². The quantitative estimate of drug-likeness (QED) is 0.477. The highest BCUT2D eigenvalue weighted by molar-refractivity contribution is 5.89. The molecule has 0 amide bonds. The Hall–Kier alpha value is -1.84. The predicted octanol–water partition coefficient (Wildman–Crippen LogP) is -0.212. The molecule has 0 radical (unpaired) electrons. The number of hydrogen-bond donors (Lipinski definition) is 3. The molecule has 6 heteroatoms. The van der Waals surface area contributed by atoms with Crippen molar-refractivity contribution in [1.29, 1.82) is 0 Å². The number of carbonyl (C=O) groups is 2. The average Bonchev–Trinajstić information content (AvgIpc) is 2.28. The molecule has 1 unspecified atom stereocenters. The molecule has 0 aromatic heterocycles. The van der Waals surface area contributed by atoms with Crippen LogP contribution in [0, 0.1) is 12.3 Å². The second-order valence-electron chi connectivity index (χ2n) is 3.75. The van der Waals surface area contributed by atoms with E-state index in [1.165, 1.54) is 0 Å². The van der Waals surface area contributed by atoms with Gasteiger partial charge in [-0.05, 0) is 19.4 Å². The van der Waals surface area contributed by atoms with Crippen molar-refractivity contribution in [3.05, 3.63) is 12.2 Å². The molecule has 0 spiro atoms. The van der Waals surface area contributed by atoms with E-state index in [-0.39, 0.29) is 6.10 Å². The smallest absolute Gasteiger partial charge is 0.328 e. The number of carboxylic acid groups (broad SMARTS) is 2. The van der Waals surface area contributed by atoms with Crippen LogP contribution >= 0.6 is 0 Å². The van der Waals surface area contributed by atoms with E-state index in [0.717, 1.165) is 25.9 Å². The van der Waals surface area contributed by atoms with Crippen LogP contribution in [0.5, 0.6) is 0 Å². The molecule has 1 aliphatic rings. The monoisotopic (exact) mass is 255 g/mol. The number of hydrogen-bond acceptors (Lipinski definition) is 4. The third-order valence-corrected chi connectivity index (χ3v) is 2.16. The van der Waals surface area contributed by atoms with Gasteiger partial charge < -0.3 is 15.3 Å². The molecule has 1 aliphatic heterocycles. The number of aliphatic hydroxyl groups is 1. The van der Waals surface area contributed by atoms with E-state index in [2.05, 4.69) is 10.8 Å². The van der Waals surface area contributed by atoms with Gasteiger partial charge in [-0.1, -0.05) is 5.92 Å². The number of terminal acetylenes is 1. The van der Waals surface area contributed by atoms with E-state index in [1.54, 1.807) is 0 Å². The van der Waals surface area contributed by atoms with Crippen molar-refractivity contribution in [2.24, 2.45) is 0 Å². The lowest BCUT2D eigenvalue weighted by molar-refractivity contribution is -0.134. The Bertz CT molecular complexity index is 329. The number of aliphatic hydroxyl groups excluding tert-OH is 1. The molecule has 0 bridgehead atoms. The number of aliphatic carboxylic acids is 2. The topological polar surface area (TPSA) is 98.1 Å². The van der Waals surface area contributed by atoms with Gasteiger partial charge in [0.15, 0.2) is 0 Å². The second kappa shape index (κ2) is 9.22. The molecule has 1 heterocycles. The van der Waals surface area contributed by atoms with Gasteiger partial charge >= 0.3 is 11.9 Å². The van der Waals surface area contributed by atoms with Gasteiger partial charge in [-0.15, -0.1) is 6.42 Å². The number of β-amino-alcohol motifs (C(OH)–C–C–N with tert-alkyl or cyclic N) is 1. The summed E-state index contributed by atoms with van der Waals surface area (Å²) in [4.78, 5) is 21.2. The molecule has 100 valence electrons. The van der Waals surface area contributed by atoms with Gasteiger partial charge in [0.1, 0.15) is 0 Å². The van der Waals surface area contributed by atoms with Crippen LogP contribution in [-0.4, -0.2) is 57.9 Å². The molecule has 0 aliphatic carbocycles. The summed E-state index contributed by atoms with van der Waals surface area (Å²) in [6, 6.07) is 0. The average molecular weight is 255 g/mol. The fourth-order valence-corrected chi connectivity index (χ4v) is 1.45. The minimum absolute atomic E-state index is 0.151. The molecule has 0 saturated carbocycles. The maximum absolute atomic E-state index is 9.55. The lowest BCUT2D eigenvalue weighted by atomic mass is 10.1. The highest BCUT2D eigenvalue weighted by atomic mass is 16.4. The minimum atomic E-state index is -1.26. The Morgan fingerprint density at radius 3 is 2.28 bits per heavy atom. The number of rotatable bonds is 3. The summed E-state index contributed by atoms with van der Waals surface area (Å²) in [7, 11) is 0. The van der Waals surface area contributed by atoms with Gasteiger partial charge in [0, 0.05) is 18.7 Å². The maximum atomic E-state index is 9.55. The van der Waals surface area contributed by atoms with Crippen molar-refractivity contribution in [2.75, 3.05) is 19.6 Å². The SMILES string of the molecule is C#CCN1CCCC(O)C1.O=C(O)/C=C\C(=O)O. The second-order valence-corrected chi connectivity index (χ2v) is 3.75. The van der Waals surface area contributed by atoms with Crippen LogP contribution in [0.15, 0.2) is 12.2 Å². The Labute approximate surface area is 106 Å². The molecule has 0 aromatic rings. The molecule has 1 saturated heterocycles. The molecule has 18 heavy (non-hydrogen) atoms. The van der Waals surface area contributed by atoms with E-state index < -0.39 is 11.9 Å². The van der Waals surface area contributed by atoms with Gasteiger partial charge in [-0.2, -0.15) is 0 Å². The summed E-state index contributed by atoms with van der Waals surface area (Å²) in [6.45, 7) is 2.47. The zero-order valence-electron chi connectivity index (χ0n) is 9.95. The Balaban J connectivity index is 0.000000331. The molecular weight excluding hydrogens is 238 g/mol. The van der Waals surface area contributed by atoms with E-state index >= 15 is 0 Å². The molecule has 1 rings (SSSR count). The van der Waals surface area contributed by atoms with Crippen LogP contribution in [0.1, 0.15) is 12.8 Å².